The molecule has 2 aromatic carbocycles. The second-order valence-corrected chi connectivity index (χ2v) is 4.51. The zero-order chi connectivity index (χ0) is 16.1. The Morgan fingerprint density at radius 3 is 2.32 bits per heavy atom. The Morgan fingerprint density at radius 2 is 1.77 bits per heavy atom. The predicted molar refractivity (Wildman–Crippen MR) is 82.9 cm³/mol. The van der Waals surface area contributed by atoms with Crippen LogP contribution in [0.2, 0.25) is 0 Å². The Balaban J connectivity index is 2.38. The standard InChI is InChI=1S/C16H14N4O2/c17-9-14(20-19)15(18)11-6-4-10(5-7-11)12-2-1-3-13(8-12)16(21)22/h1-8,20H,18-19H2,(H,21,22)/b15-14-. The molecule has 0 aliphatic heterocycles. The Kier molecular flexibility index (Phi) is 4.41. The first-order valence-corrected chi connectivity index (χ1v) is 6.37. The molecule has 0 unspecified atom stereocenters. The number of rotatable bonds is 4. The highest BCUT2D eigenvalue weighted by atomic mass is 16.4. The Labute approximate surface area is 127 Å². The number of carboxylic acid groups (broad SMARTS) is 1. The molecule has 0 bridgehead atoms. The minimum Gasteiger partial charge on any atom is -0.478 e. The molecular weight excluding hydrogens is 280 g/mol. The summed E-state index contributed by atoms with van der Waals surface area (Å²) in [5.41, 5.74) is 10.9. The minimum absolute atomic E-state index is 0.0839. The lowest BCUT2D eigenvalue weighted by molar-refractivity contribution is 0.0697. The number of hydrazine groups is 1. The van der Waals surface area contributed by atoms with Crippen molar-refractivity contribution in [1.82, 2.24) is 5.43 Å². The van der Waals surface area contributed by atoms with Gasteiger partial charge in [-0.05, 0) is 23.3 Å². The monoisotopic (exact) mass is 294 g/mol. The zero-order valence-electron chi connectivity index (χ0n) is 11.6. The topological polar surface area (TPSA) is 125 Å². The Morgan fingerprint density at radius 1 is 1.09 bits per heavy atom. The van der Waals surface area contributed by atoms with E-state index in [0.29, 0.717) is 5.56 Å². The highest BCUT2D eigenvalue weighted by Gasteiger charge is 2.07. The summed E-state index contributed by atoms with van der Waals surface area (Å²) in [5, 5.41) is 17.9. The van der Waals surface area contributed by atoms with Gasteiger partial charge in [-0.2, -0.15) is 5.26 Å². The van der Waals surface area contributed by atoms with E-state index in [4.69, 9.17) is 21.9 Å². The molecule has 2 rings (SSSR count). The van der Waals surface area contributed by atoms with Crippen molar-refractivity contribution in [3.63, 3.8) is 0 Å². The molecule has 0 aliphatic carbocycles. The average Bonchev–Trinajstić information content (AvgIpc) is 2.56. The van der Waals surface area contributed by atoms with E-state index >= 15 is 0 Å². The summed E-state index contributed by atoms with van der Waals surface area (Å²) < 4.78 is 0. The third-order valence-electron chi connectivity index (χ3n) is 3.16. The van der Waals surface area contributed by atoms with Crippen LogP contribution in [-0.4, -0.2) is 11.1 Å². The molecule has 0 atom stereocenters. The third-order valence-corrected chi connectivity index (χ3v) is 3.16. The van der Waals surface area contributed by atoms with Crippen LogP contribution in [0.15, 0.2) is 54.2 Å². The molecule has 6 nitrogen and oxygen atoms in total. The van der Waals surface area contributed by atoms with Gasteiger partial charge in [0.1, 0.15) is 6.07 Å². The quantitative estimate of drug-likeness (QED) is 0.386. The van der Waals surface area contributed by atoms with Crippen LogP contribution in [-0.2, 0) is 0 Å². The number of nitrogens with two attached hydrogens (primary N) is 2. The van der Waals surface area contributed by atoms with Crippen LogP contribution in [0.4, 0.5) is 0 Å². The van der Waals surface area contributed by atoms with Gasteiger partial charge >= 0.3 is 5.97 Å². The predicted octanol–water partition coefficient (Wildman–Crippen LogP) is 1.67. The van der Waals surface area contributed by atoms with Gasteiger partial charge < -0.3 is 16.3 Å². The first-order valence-electron chi connectivity index (χ1n) is 6.37. The second kappa shape index (κ2) is 6.43. The number of nitrogens with zero attached hydrogens (tertiary/aromatic N) is 1. The molecule has 0 radical (unpaired) electrons. The summed E-state index contributed by atoms with van der Waals surface area (Å²) in [6.45, 7) is 0. The molecule has 0 aromatic heterocycles. The number of allylic oxidation sites excluding steroid dienone is 1. The van der Waals surface area contributed by atoms with Gasteiger partial charge in [0.25, 0.3) is 0 Å². The van der Waals surface area contributed by atoms with Gasteiger partial charge in [-0.1, -0.05) is 36.4 Å². The minimum atomic E-state index is -0.974. The smallest absolute Gasteiger partial charge is 0.335 e. The van der Waals surface area contributed by atoms with E-state index in [1.165, 1.54) is 6.07 Å². The van der Waals surface area contributed by atoms with E-state index in [-0.39, 0.29) is 17.0 Å². The summed E-state index contributed by atoms with van der Waals surface area (Å²) in [6, 6.07) is 15.6. The number of nitrogens with one attached hydrogen (secondary N) is 1. The molecule has 6 N–H and O–H groups in total. The summed E-state index contributed by atoms with van der Waals surface area (Å²) >= 11 is 0. The maximum Gasteiger partial charge on any atom is 0.335 e. The molecule has 0 spiro atoms. The van der Waals surface area contributed by atoms with E-state index in [0.717, 1.165) is 11.1 Å². The first-order chi connectivity index (χ1) is 10.6. The van der Waals surface area contributed by atoms with Gasteiger partial charge in [0.05, 0.1) is 11.3 Å². The molecule has 2 aromatic rings. The van der Waals surface area contributed by atoms with Crippen molar-refractivity contribution in [2.75, 3.05) is 0 Å². The lowest BCUT2D eigenvalue weighted by atomic mass is 10.0. The summed E-state index contributed by atoms with van der Waals surface area (Å²) in [5.74, 6) is 4.25. The van der Waals surface area contributed by atoms with Crippen LogP contribution in [0.5, 0.6) is 0 Å². The van der Waals surface area contributed by atoms with Crippen LogP contribution in [0.3, 0.4) is 0 Å². The lowest BCUT2D eigenvalue weighted by Gasteiger charge is -2.07. The summed E-state index contributed by atoms with van der Waals surface area (Å²) in [6.07, 6.45) is 0. The molecular formula is C16H14N4O2. The van der Waals surface area contributed by atoms with Gasteiger partial charge in [0.2, 0.25) is 0 Å². The van der Waals surface area contributed by atoms with Crippen LogP contribution in [0, 0.1) is 11.3 Å². The van der Waals surface area contributed by atoms with Gasteiger partial charge in [-0.25, -0.2) is 10.6 Å². The molecule has 0 amide bonds. The summed E-state index contributed by atoms with van der Waals surface area (Å²) in [7, 11) is 0. The second-order valence-electron chi connectivity index (χ2n) is 4.51. The fourth-order valence-electron chi connectivity index (χ4n) is 1.99. The lowest BCUT2D eigenvalue weighted by Crippen LogP contribution is -2.23. The average molecular weight is 294 g/mol. The molecule has 0 fully saturated rings. The molecule has 110 valence electrons. The van der Waals surface area contributed by atoms with Crippen LogP contribution in [0.25, 0.3) is 16.8 Å². The van der Waals surface area contributed by atoms with Gasteiger partial charge in [0, 0.05) is 5.56 Å². The number of carbonyl (C=O) groups is 1. The van der Waals surface area contributed by atoms with E-state index in [1.54, 1.807) is 36.4 Å². The molecule has 22 heavy (non-hydrogen) atoms. The number of carboxylic acids is 1. The largest absolute Gasteiger partial charge is 0.478 e. The number of nitriles is 1. The Bertz CT molecular complexity index is 773. The third kappa shape index (κ3) is 3.06. The van der Waals surface area contributed by atoms with Crippen LogP contribution < -0.4 is 17.0 Å². The molecule has 6 heteroatoms. The highest BCUT2D eigenvalue weighted by molar-refractivity contribution is 5.89. The number of hydrogen-bond acceptors (Lipinski definition) is 5. The van der Waals surface area contributed by atoms with Crippen molar-refractivity contribution in [2.24, 2.45) is 11.6 Å². The number of hydrogen-bond donors (Lipinski definition) is 4. The van der Waals surface area contributed by atoms with Crippen molar-refractivity contribution in [3.8, 4) is 17.2 Å². The summed E-state index contributed by atoms with van der Waals surface area (Å²) in [4.78, 5) is 11.0. The van der Waals surface area contributed by atoms with E-state index in [2.05, 4.69) is 5.43 Å². The maximum atomic E-state index is 11.0. The maximum absolute atomic E-state index is 11.0. The van der Waals surface area contributed by atoms with Gasteiger partial charge in [-0.3, -0.25) is 0 Å². The highest BCUT2D eigenvalue weighted by Crippen LogP contribution is 2.22. The Hall–Kier alpha value is -3.30. The molecule has 0 saturated carbocycles. The fraction of sp³-hybridized carbons (Fsp3) is 0. The van der Waals surface area contributed by atoms with Crippen molar-refractivity contribution in [3.05, 3.63) is 65.4 Å². The van der Waals surface area contributed by atoms with Crippen LogP contribution in [0.1, 0.15) is 15.9 Å². The molecule has 0 aliphatic rings. The van der Waals surface area contributed by atoms with Crippen LogP contribution >= 0.6 is 0 Å². The van der Waals surface area contributed by atoms with Crippen molar-refractivity contribution in [2.45, 2.75) is 0 Å². The first kappa shape index (κ1) is 15.1. The van der Waals surface area contributed by atoms with E-state index < -0.39 is 5.97 Å². The normalized spacial score (nSPS) is 11.3. The number of benzene rings is 2. The SMILES string of the molecule is N#C/C(NN)=C(/N)c1ccc(-c2cccc(C(=O)O)c2)cc1. The van der Waals surface area contributed by atoms with Crippen molar-refractivity contribution in [1.29, 1.82) is 5.26 Å². The zero-order valence-corrected chi connectivity index (χ0v) is 11.6. The fourth-order valence-corrected chi connectivity index (χ4v) is 1.99. The van der Waals surface area contributed by atoms with Gasteiger partial charge in [-0.15, -0.1) is 0 Å². The van der Waals surface area contributed by atoms with E-state index in [9.17, 15) is 4.79 Å². The van der Waals surface area contributed by atoms with Crippen molar-refractivity contribution < 1.29 is 9.90 Å². The number of aromatic carboxylic acids is 1. The molecule has 0 heterocycles. The molecule has 0 saturated heterocycles. The van der Waals surface area contributed by atoms with Gasteiger partial charge in [0.15, 0.2) is 5.70 Å². The van der Waals surface area contributed by atoms with E-state index in [1.807, 2.05) is 12.1 Å². The van der Waals surface area contributed by atoms with Crippen molar-refractivity contribution >= 4 is 11.7 Å².